The van der Waals surface area contributed by atoms with Crippen LogP contribution < -0.4 is 4.74 Å². The zero-order chi connectivity index (χ0) is 23.9. The van der Waals surface area contributed by atoms with Gasteiger partial charge in [-0.3, -0.25) is 4.98 Å². The zero-order valence-electron chi connectivity index (χ0n) is 20.2. The molecule has 1 aliphatic rings. The summed E-state index contributed by atoms with van der Waals surface area (Å²) in [5.74, 6) is 1.01. The van der Waals surface area contributed by atoms with E-state index in [-0.39, 0.29) is 6.04 Å². The minimum Gasteiger partial charge on any atom is -0.481 e. The first kappa shape index (κ1) is 21.7. The van der Waals surface area contributed by atoms with E-state index in [4.69, 9.17) is 14.5 Å². The van der Waals surface area contributed by atoms with Gasteiger partial charge in [0.05, 0.1) is 41.1 Å². The van der Waals surface area contributed by atoms with Crippen molar-refractivity contribution in [1.29, 1.82) is 0 Å². The number of ether oxygens (including phenoxy) is 2. The van der Waals surface area contributed by atoms with E-state index in [0.717, 1.165) is 64.9 Å². The molecule has 1 aromatic carbocycles. The van der Waals surface area contributed by atoms with Gasteiger partial charge < -0.3 is 14.0 Å². The highest BCUT2D eigenvalue weighted by Gasteiger charge is 2.30. The lowest BCUT2D eigenvalue weighted by molar-refractivity contribution is 0.0553. The van der Waals surface area contributed by atoms with Gasteiger partial charge in [0.2, 0.25) is 5.88 Å². The van der Waals surface area contributed by atoms with Crippen LogP contribution in [0.1, 0.15) is 30.1 Å². The quantitative estimate of drug-likeness (QED) is 0.372. The highest BCUT2D eigenvalue weighted by Crippen LogP contribution is 2.41. The lowest BCUT2D eigenvalue weighted by atomic mass is 9.86. The molecular formula is C27H28N6O2. The van der Waals surface area contributed by atoms with Crippen molar-refractivity contribution in [2.45, 2.75) is 25.8 Å². The Morgan fingerprint density at radius 2 is 1.83 bits per heavy atom. The Labute approximate surface area is 203 Å². The lowest BCUT2D eigenvalue weighted by Gasteiger charge is -2.33. The van der Waals surface area contributed by atoms with E-state index in [2.05, 4.69) is 56.3 Å². The molecule has 8 nitrogen and oxygen atoms in total. The fourth-order valence-electron chi connectivity index (χ4n) is 5.49. The van der Waals surface area contributed by atoms with Crippen molar-refractivity contribution in [2.75, 3.05) is 20.3 Å². The number of benzene rings is 1. The van der Waals surface area contributed by atoms with Crippen LogP contribution in [0.4, 0.5) is 0 Å². The van der Waals surface area contributed by atoms with Gasteiger partial charge in [0.25, 0.3) is 0 Å². The van der Waals surface area contributed by atoms with Gasteiger partial charge >= 0.3 is 0 Å². The number of hydrogen-bond acceptors (Lipinski definition) is 6. The van der Waals surface area contributed by atoms with Gasteiger partial charge in [0.15, 0.2) is 0 Å². The summed E-state index contributed by atoms with van der Waals surface area (Å²) in [6.07, 6.45) is 5.79. The summed E-state index contributed by atoms with van der Waals surface area (Å²) in [6, 6.07) is 15.1. The van der Waals surface area contributed by atoms with Crippen molar-refractivity contribution >= 4 is 21.9 Å². The number of methoxy groups -OCH3 is 1. The molecule has 0 aliphatic carbocycles. The predicted molar refractivity (Wildman–Crippen MR) is 134 cm³/mol. The molecule has 178 valence electrons. The zero-order valence-corrected chi connectivity index (χ0v) is 20.2. The summed E-state index contributed by atoms with van der Waals surface area (Å²) in [5.41, 5.74) is 7.17. The van der Waals surface area contributed by atoms with Crippen LogP contribution >= 0.6 is 0 Å². The Morgan fingerprint density at radius 1 is 1.03 bits per heavy atom. The molecule has 1 fully saturated rings. The molecule has 1 saturated heterocycles. The van der Waals surface area contributed by atoms with Crippen LogP contribution in [0.15, 0.2) is 54.9 Å². The van der Waals surface area contributed by atoms with Crippen molar-refractivity contribution in [3.63, 3.8) is 0 Å². The van der Waals surface area contributed by atoms with E-state index < -0.39 is 0 Å². The minimum absolute atomic E-state index is 0.120. The van der Waals surface area contributed by atoms with Crippen LogP contribution in [0.3, 0.4) is 0 Å². The molecule has 0 bridgehead atoms. The second kappa shape index (κ2) is 8.78. The predicted octanol–water partition coefficient (Wildman–Crippen LogP) is 4.71. The molecule has 0 spiro atoms. The molecule has 0 radical (unpaired) electrons. The maximum atomic E-state index is 5.74. The SMILES string of the molecule is COc1cc2c(cn1)c1ncc(-c3c(C)nnn3C)cc1n2[C@H](c1ccccc1)C1CCOCC1. The van der Waals surface area contributed by atoms with Crippen LogP contribution in [0.5, 0.6) is 5.88 Å². The minimum atomic E-state index is 0.120. The average Bonchev–Trinajstić information content (AvgIpc) is 3.41. The molecule has 0 saturated carbocycles. The Bertz CT molecular complexity index is 1480. The van der Waals surface area contributed by atoms with E-state index in [9.17, 15) is 0 Å². The highest BCUT2D eigenvalue weighted by atomic mass is 16.5. The third-order valence-electron chi connectivity index (χ3n) is 7.11. The maximum Gasteiger partial charge on any atom is 0.215 e. The van der Waals surface area contributed by atoms with E-state index in [1.807, 2.05) is 37.1 Å². The van der Waals surface area contributed by atoms with Crippen LogP contribution in [0.2, 0.25) is 0 Å². The second-order valence-electron chi connectivity index (χ2n) is 9.16. The van der Waals surface area contributed by atoms with Crippen molar-refractivity contribution in [3.8, 4) is 17.1 Å². The van der Waals surface area contributed by atoms with E-state index in [1.165, 1.54) is 5.56 Å². The Kier molecular flexibility index (Phi) is 5.45. The summed E-state index contributed by atoms with van der Waals surface area (Å²) >= 11 is 0. The number of aromatic nitrogens is 6. The van der Waals surface area contributed by atoms with Gasteiger partial charge in [-0.2, -0.15) is 0 Å². The molecule has 4 aromatic heterocycles. The summed E-state index contributed by atoms with van der Waals surface area (Å²) in [4.78, 5) is 9.46. The van der Waals surface area contributed by atoms with Gasteiger partial charge in [0.1, 0.15) is 0 Å². The molecule has 6 rings (SSSR count). The van der Waals surface area contributed by atoms with Crippen molar-refractivity contribution in [1.82, 2.24) is 29.5 Å². The monoisotopic (exact) mass is 468 g/mol. The molecule has 0 N–H and O–H groups in total. The first-order chi connectivity index (χ1) is 17.2. The van der Waals surface area contributed by atoms with E-state index in [0.29, 0.717) is 11.8 Å². The third-order valence-corrected chi connectivity index (χ3v) is 7.11. The Hall–Kier alpha value is -3.78. The summed E-state index contributed by atoms with van der Waals surface area (Å²) < 4.78 is 15.5. The largest absolute Gasteiger partial charge is 0.481 e. The number of hydrogen-bond donors (Lipinski definition) is 0. The van der Waals surface area contributed by atoms with Gasteiger partial charge in [-0.1, -0.05) is 35.5 Å². The molecule has 5 heterocycles. The maximum absolute atomic E-state index is 5.74. The molecule has 5 aromatic rings. The Morgan fingerprint density at radius 3 is 2.54 bits per heavy atom. The van der Waals surface area contributed by atoms with Gasteiger partial charge in [-0.15, -0.1) is 5.10 Å². The molecule has 1 aliphatic heterocycles. The first-order valence-electron chi connectivity index (χ1n) is 12.0. The molecule has 35 heavy (non-hydrogen) atoms. The van der Waals surface area contributed by atoms with Crippen molar-refractivity contribution in [3.05, 3.63) is 66.1 Å². The van der Waals surface area contributed by atoms with Crippen LogP contribution in [0.25, 0.3) is 33.2 Å². The second-order valence-corrected chi connectivity index (χ2v) is 9.16. The molecule has 1 atom stereocenters. The van der Waals surface area contributed by atoms with Gasteiger partial charge in [-0.25, -0.2) is 9.67 Å². The lowest BCUT2D eigenvalue weighted by Crippen LogP contribution is -2.26. The smallest absolute Gasteiger partial charge is 0.215 e. The fourth-order valence-corrected chi connectivity index (χ4v) is 5.49. The number of aryl methyl sites for hydroxylation is 2. The van der Waals surface area contributed by atoms with E-state index >= 15 is 0 Å². The highest BCUT2D eigenvalue weighted by molar-refractivity contribution is 6.06. The Balaban J connectivity index is 1.68. The van der Waals surface area contributed by atoms with E-state index in [1.54, 1.807) is 7.11 Å². The normalized spacial score (nSPS) is 15.6. The van der Waals surface area contributed by atoms with Crippen LogP contribution in [-0.4, -0.2) is 49.9 Å². The molecular weight excluding hydrogens is 440 g/mol. The fraction of sp³-hybridized carbons (Fsp3) is 0.333. The van der Waals surface area contributed by atoms with Crippen molar-refractivity contribution < 1.29 is 9.47 Å². The number of fused-ring (bicyclic) bond motifs is 3. The van der Waals surface area contributed by atoms with Gasteiger partial charge in [0, 0.05) is 49.7 Å². The number of rotatable bonds is 5. The van der Waals surface area contributed by atoms with Gasteiger partial charge in [-0.05, 0) is 37.3 Å². The standard InChI is InChI=1S/C27H28N6O2/c1-17-26(32(2)31-30-17)20-13-23-25(29-15-20)21-16-28-24(34-3)14-22(21)33(23)27(18-7-5-4-6-8-18)19-9-11-35-12-10-19/h4-8,13-16,19,27H,9-12H2,1-3H3/t27-/m1/s1. The summed E-state index contributed by atoms with van der Waals surface area (Å²) in [5, 5.41) is 9.48. The summed E-state index contributed by atoms with van der Waals surface area (Å²) in [7, 11) is 3.57. The number of pyridine rings is 2. The molecule has 0 unspecified atom stereocenters. The van der Waals surface area contributed by atoms with Crippen molar-refractivity contribution in [2.24, 2.45) is 13.0 Å². The van der Waals surface area contributed by atoms with Crippen LogP contribution in [0, 0.1) is 12.8 Å². The van der Waals surface area contributed by atoms with Crippen LogP contribution in [-0.2, 0) is 11.8 Å². The first-order valence-corrected chi connectivity index (χ1v) is 12.0. The summed E-state index contributed by atoms with van der Waals surface area (Å²) in [6.45, 7) is 3.53. The molecule has 0 amide bonds. The topological polar surface area (TPSA) is 79.9 Å². The number of nitrogens with zero attached hydrogens (tertiary/aromatic N) is 6. The third kappa shape index (κ3) is 3.65. The average molecular weight is 469 g/mol. The molecule has 8 heteroatoms.